The molecule has 2 heterocycles. The van der Waals surface area contributed by atoms with Gasteiger partial charge in [-0.1, -0.05) is 0 Å². The fraction of sp³-hybridized carbons (Fsp3) is 0.389. The van der Waals surface area contributed by atoms with Gasteiger partial charge < -0.3 is 19.4 Å². The van der Waals surface area contributed by atoms with Gasteiger partial charge in [-0.3, -0.25) is 4.79 Å². The normalized spacial score (nSPS) is 15.3. The molecule has 24 heavy (non-hydrogen) atoms. The molecule has 0 unspecified atom stereocenters. The second-order valence-electron chi connectivity index (χ2n) is 5.80. The molecule has 1 aromatic carbocycles. The van der Waals surface area contributed by atoms with Crippen LogP contribution in [-0.2, 0) is 0 Å². The number of halogens is 1. The van der Waals surface area contributed by atoms with Crippen molar-refractivity contribution in [3.05, 3.63) is 48.2 Å². The Hall–Kier alpha value is -2.50. The first-order valence-electron chi connectivity index (χ1n) is 8.17. The lowest BCUT2D eigenvalue weighted by molar-refractivity contribution is 0.0717. The molecule has 1 N–H and O–H groups in total. The molecule has 0 spiro atoms. The Morgan fingerprint density at radius 3 is 2.83 bits per heavy atom. The molecule has 1 fully saturated rings. The van der Waals surface area contributed by atoms with Crippen molar-refractivity contribution < 1.29 is 18.3 Å². The number of ether oxygens (including phenoxy) is 1. The molecule has 0 atom stereocenters. The molecule has 128 valence electrons. The minimum atomic E-state index is -0.315. The number of rotatable bonds is 5. The number of piperidine rings is 1. The van der Waals surface area contributed by atoms with Crippen LogP contribution in [0.3, 0.4) is 0 Å². The van der Waals surface area contributed by atoms with Crippen molar-refractivity contribution in [1.82, 2.24) is 4.90 Å². The SMILES string of the molecule is CCOc1cc(F)ccc1NC1CCN(C(=O)c2ccoc2)CC1. The quantitative estimate of drug-likeness (QED) is 0.910. The van der Waals surface area contributed by atoms with Crippen LogP contribution in [0.1, 0.15) is 30.1 Å². The number of hydrogen-bond donors (Lipinski definition) is 1. The predicted octanol–water partition coefficient (Wildman–Crippen LogP) is 3.53. The van der Waals surface area contributed by atoms with Crippen LogP contribution in [0.5, 0.6) is 5.75 Å². The standard InChI is InChI=1S/C18H21FN2O3/c1-2-24-17-11-14(19)3-4-16(17)20-15-5-8-21(9-6-15)18(22)13-7-10-23-12-13/h3-4,7,10-12,15,20H,2,5-6,8-9H2,1H3. The van der Waals surface area contributed by atoms with Gasteiger partial charge in [-0.15, -0.1) is 0 Å². The number of amides is 1. The monoisotopic (exact) mass is 332 g/mol. The van der Waals surface area contributed by atoms with E-state index in [2.05, 4.69) is 5.32 Å². The van der Waals surface area contributed by atoms with Crippen molar-refractivity contribution in [2.75, 3.05) is 25.0 Å². The van der Waals surface area contributed by atoms with E-state index in [-0.39, 0.29) is 17.8 Å². The fourth-order valence-corrected chi connectivity index (χ4v) is 2.91. The molecule has 0 aliphatic carbocycles. The summed E-state index contributed by atoms with van der Waals surface area (Å²) in [4.78, 5) is 14.1. The number of carbonyl (C=O) groups excluding carboxylic acids is 1. The summed E-state index contributed by atoms with van der Waals surface area (Å²) in [7, 11) is 0. The third-order valence-corrected chi connectivity index (χ3v) is 4.15. The van der Waals surface area contributed by atoms with Crippen molar-refractivity contribution >= 4 is 11.6 Å². The largest absolute Gasteiger partial charge is 0.492 e. The van der Waals surface area contributed by atoms with E-state index >= 15 is 0 Å². The molecule has 0 saturated carbocycles. The van der Waals surface area contributed by atoms with Crippen LogP contribution >= 0.6 is 0 Å². The second-order valence-corrected chi connectivity index (χ2v) is 5.80. The van der Waals surface area contributed by atoms with Crippen molar-refractivity contribution in [2.45, 2.75) is 25.8 Å². The van der Waals surface area contributed by atoms with E-state index in [4.69, 9.17) is 9.15 Å². The van der Waals surface area contributed by atoms with Crippen LogP contribution < -0.4 is 10.1 Å². The Balaban J connectivity index is 1.59. The van der Waals surface area contributed by atoms with Gasteiger partial charge in [0, 0.05) is 25.2 Å². The number of hydrogen-bond acceptors (Lipinski definition) is 4. The lowest BCUT2D eigenvalue weighted by Gasteiger charge is -2.33. The van der Waals surface area contributed by atoms with E-state index in [1.54, 1.807) is 12.1 Å². The molecular weight excluding hydrogens is 311 g/mol. The van der Waals surface area contributed by atoms with Gasteiger partial charge in [0.15, 0.2) is 0 Å². The summed E-state index contributed by atoms with van der Waals surface area (Å²) in [5, 5.41) is 3.41. The molecular formula is C18H21FN2O3. The smallest absolute Gasteiger partial charge is 0.257 e. The van der Waals surface area contributed by atoms with E-state index in [1.165, 1.54) is 24.7 Å². The average molecular weight is 332 g/mol. The van der Waals surface area contributed by atoms with Crippen molar-refractivity contribution in [1.29, 1.82) is 0 Å². The van der Waals surface area contributed by atoms with Crippen LogP contribution in [-0.4, -0.2) is 36.5 Å². The number of nitrogens with one attached hydrogen (secondary N) is 1. The number of furan rings is 1. The van der Waals surface area contributed by atoms with Crippen molar-refractivity contribution in [2.24, 2.45) is 0 Å². The van der Waals surface area contributed by atoms with Gasteiger partial charge in [0.05, 0.1) is 24.1 Å². The summed E-state index contributed by atoms with van der Waals surface area (Å²) >= 11 is 0. The zero-order valence-corrected chi connectivity index (χ0v) is 13.6. The summed E-state index contributed by atoms with van der Waals surface area (Å²) < 4.78 is 23.8. The number of nitrogens with zero attached hydrogens (tertiary/aromatic N) is 1. The molecule has 1 aromatic heterocycles. The van der Waals surface area contributed by atoms with E-state index in [0.717, 1.165) is 18.5 Å². The molecule has 2 aromatic rings. The molecule has 6 heteroatoms. The minimum absolute atomic E-state index is 0.000937. The maximum atomic E-state index is 13.4. The highest BCUT2D eigenvalue weighted by atomic mass is 19.1. The third-order valence-electron chi connectivity index (χ3n) is 4.15. The molecule has 5 nitrogen and oxygen atoms in total. The van der Waals surface area contributed by atoms with Crippen LogP contribution in [0, 0.1) is 5.82 Å². The minimum Gasteiger partial charge on any atom is -0.492 e. The van der Waals surface area contributed by atoms with Gasteiger partial charge in [0.25, 0.3) is 5.91 Å². The molecule has 1 aliphatic rings. The highest BCUT2D eigenvalue weighted by Gasteiger charge is 2.24. The second kappa shape index (κ2) is 7.38. The molecule has 1 aliphatic heterocycles. The fourth-order valence-electron chi connectivity index (χ4n) is 2.91. The summed E-state index contributed by atoms with van der Waals surface area (Å²) in [5.41, 5.74) is 1.37. The maximum Gasteiger partial charge on any atom is 0.257 e. The Bertz CT molecular complexity index is 680. The van der Waals surface area contributed by atoms with Crippen molar-refractivity contribution in [3.8, 4) is 5.75 Å². The number of anilines is 1. The summed E-state index contributed by atoms with van der Waals surface area (Å²) in [6, 6.07) is 6.41. The highest BCUT2D eigenvalue weighted by Crippen LogP contribution is 2.28. The van der Waals surface area contributed by atoms with E-state index in [0.29, 0.717) is 31.0 Å². The van der Waals surface area contributed by atoms with Gasteiger partial charge in [-0.05, 0) is 38.0 Å². The van der Waals surface area contributed by atoms with Crippen LogP contribution in [0.25, 0.3) is 0 Å². The number of likely N-dealkylation sites (tertiary alicyclic amines) is 1. The molecule has 1 saturated heterocycles. The van der Waals surface area contributed by atoms with Crippen LogP contribution in [0.2, 0.25) is 0 Å². The van der Waals surface area contributed by atoms with Gasteiger partial charge in [0.2, 0.25) is 0 Å². The van der Waals surface area contributed by atoms with E-state index in [1.807, 2.05) is 11.8 Å². The Morgan fingerprint density at radius 2 is 2.17 bits per heavy atom. The van der Waals surface area contributed by atoms with Crippen LogP contribution in [0.15, 0.2) is 41.2 Å². The Kier molecular flexibility index (Phi) is 5.03. The van der Waals surface area contributed by atoms with Gasteiger partial charge >= 0.3 is 0 Å². The maximum absolute atomic E-state index is 13.4. The van der Waals surface area contributed by atoms with Gasteiger partial charge in [0.1, 0.15) is 17.8 Å². The predicted molar refractivity (Wildman–Crippen MR) is 88.8 cm³/mol. The van der Waals surface area contributed by atoms with Gasteiger partial charge in [-0.25, -0.2) is 4.39 Å². The Morgan fingerprint density at radius 1 is 1.38 bits per heavy atom. The molecule has 3 rings (SSSR count). The molecule has 1 amide bonds. The van der Waals surface area contributed by atoms with Crippen LogP contribution in [0.4, 0.5) is 10.1 Å². The summed E-state index contributed by atoms with van der Waals surface area (Å²) in [6.07, 6.45) is 4.63. The van der Waals surface area contributed by atoms with E-state index < -0.39 is 0 Å². The molecule has 0 radical (unpaired) electrons. The van der Waals surface area contributed by atoms with E-state index in [9.17, 15) is 9.18 Å². The first kappa shape index (κ1) is 16.4. The zero-order valence-electron chi connectivity index (χ0n) is 13.6. The average Bonchev–Trinajstić information content (AvgIpc) is 3.12. The first-order chi connectivity index (χ1) is 11.7. The highest BCUT2D eigenvalue weighted by molar-refractivity contribution is 5.93. The zero-order chi connectivity index (χ0) is 16.9. The first-order valence-corrected chi connectivity index (χ1v) is 8.17. The summed E-state index contributed by atoms with van der Waals surface area (Å²) in [6.45, 7) is 3.70. The third kappa shape index (κ3) is 3.69. The summed E-state index contributed by atoms with van der Waals surface area (Å²) in [5.74, 6) is 0.206. The van der Waals surface area contributed by atoms with Gasteiger partial charge in [-0.2, -0.15) is 0 Å². The van der Waals surface area contributed by atoms with Crippen molar-refractivity contribution in [3.63, 3.8) is 0 Å². The topological polar surface area (TPSA) is 54.7 Å². The Labute approximate surface area is 140 Å². The molecule has 0 bridgehead atoms. The lowest BCUT2D eigenvalue weighted by atomic mass is 10.0. The number of carbonyl (C=O) groups is 1. The lowest BCUT2D eigenvalue weighted by Crippen LogP contribution is -2.42. The number of benzene rings is 1.